The Balaban J connectivity index is 1.35. The van der Waals surface area contributed by atoms with Gasteiger partial charge < -0.3 is 4.98 Å². The Morgan fingerprint density at radius 2 is 1.87 bits per heavy atom. The topological polar surface area (TPSA) is 91.7 Å². The number of hydrogen-bond acceptors (Lipinski definition) is 6. The van der Waals surface area contributed by atoms with E-state index in [2.05, 4.69) is 20.2 Å². The van der Waals surface area contributed by atoms with Gasteiger partial charge in [0.2, 0.25) is 5.78 Å². The highest BCUT2D eigenvalue weighted by atomic mass is 32.2. The second-order valence-electron chi connectivity index (χ2n) is 6.76. The predicted molar refractivity (Wildman–Crippen MR) is 120 cm³/mol. The van der Waals surface area contributed by atoms with E-state index in [1.165, 1.54) is 23.1 Å². The SMILES string of the molecule is O=c1[nH]c(CSc2n[nH]c3nc4ccccc4n23)nc2scc(-c3ccccc3)c12. The minimum atomic E-state index is -0.115. The van der Waals surface area contributed by atoms with Crippen LogP contribution in [0, 0.1) is 0 Å². The van der Waals surface area contributed by atoms with Gasteiger partial charge in [0, 0.05) is 10.9 Å². The summed E-state index contributed by atoms with van der Waals surface area (Å²) in [6.07, 6.45) is 0. The minimum absolute atomic E-state index is 0.115. The molecule has 0 aliphatic rings. The number of thiophene rings is 1. The summed E-state index contributed by atoms with van der Waals surface area (Å²) in [6.45, 7) is 0. The molecule has 146 valence electrons. The van der Waals surface area contributed by atoms with Crippen molar-refractivity contribution in [3.8, 4) is 11.1 Å². The van der Waals surface area contributed by atoms with Gasteiger partial charge in [-0.25, -0.2) is 15.1 Å². The smallest absolute Gasteiger partial charge is 0.260 e. The van der Waals surface area contributed by atoms with Crippen LogP contribution in [0.1, 0.15) is 5.82 Å². The van der Waals surface area contributed by atoms with E-state index in [-0.39, 0.29) is 5.56 Å². The van der Waals surface area contributed by atoms with E-state index < -0.39 is 0 Å². The van der Waals surface area contributed by atoms with E-state index in [9.17, 15) is 4.79 Å². The molecule has 0 amide bonds. The Labute approximate surface area is 177 Å². The van der Waals surface area contributed by atoms with Crippen LogP contribution in [0.5, 0.6) is 0 Å². The highest BCUT2D eigenvalue weighted by Crippen LogP contribution is 2.31. The molecule has 4 aromatic heterocycles. The summed E-state index contributed by atoms with van der Waals surface area (Å²) < 4.78 is 1.98. The number of H-pyrrole nitrogens is 2. The van der Waals surface area contributed by atoms with Gasteiger partial charge in [-0.05, 0) is 17.7 Å². The molecule has 2 aromatic carbocycles. The molecule has 6 aromatic rings. The first-order valence-electron chi connectivity index (χ1n) is 9.28. The Morgan fingerprint density at radius 3 is 2.77 bits per heavy atom. The molecule has 0 bridgehead atoms. The van der Waals surface area contributed by atoms with Crippen LogP contribution in [0.25, 0.3) is 38.2 Å². The molecule has 0 unspecified atom stereocenters. The number of benzene rings is 2. The quantitative estimate of drug-likeness (QED) is 0.403. The standard InChI is InChI=1S/C21H14N6OS2/c28-18-17-13(12-6-2-1-3-7-12)10-29-19(17)24-16(23-18)11-30-21-26-25-20-22-14-8-4-5-9-15(14)27(20)21/h1-10H,11H2,(H,22,25)(H,23,24,28). The molecule has 4 heterocycles. The number of para-hydroxylation sites is 2. The number of aromatic nitrogens is 6. The van der Waals surface area contributed by atoms with Gasteiger partial charge in [0.1, 0.15) is 10.7 Å². The van der Waals surface area contributed by atoms with Gasteiger partial charge in [-0.3, -0.25) is 9.20 Å². The number of fused-ring (bicyclic) bond motifs is 4. The Hall–Kier alpha value is -3.43. The maximum atomic E-state index is 12.8. The summed E-state index contributed by atoms with van der Waals surface area (Å²) in [7, 11) is 0. The lowest BCUT2D eigenvalue weighted by Gasteiger charge is -2.02. The van der Waals surface area contributed by atoms with E-state index in [1.807, 2.05) is 64.4 Å². The maximum Gasteiger partial charge on any atom is 0.260 e. The van der Waals surface area contributed by atoms with E-state index in [1.54, 1.807) is 0 Å². The number of nitrogens with zero attached hydrogens (tertiary/aromatic N) is 4. The normalized spacial score (nSPS) is 11.7. The third-order valence-corrected chi connectivity index (χ3v) is 6.74. The molecule has 9 heteroatoms. The van der Waals surface area contributed by atoms with Crippen LogP contribution in [-0.4, -0.2) is 29.5 Å². The fraction of sp³-hybridized carbons (Fsp3) is 0.0476. The monoisotopic (exact) mass is 430 g/mol. The summed E-state index contributed by atoms with van der Waals surface area (Å²) in [4.78, 5) is 25.7. The summed E-state index contributed by atoms with van der Waals surface area (Å²) in [5.41, 5.74) is 3.72. The molecule has 0 atom stereocenters. The number of thioether (sulfide) groups is 1. The third-order valence-electron chi connectivity index (χ3n) is 4.92. The van der Waals surface area contributed by atoms with E-state index >= 15 is 0 Å². The fourth-order valence-electron chi connectivity index (χ4n) is 3.56. The number of aromatic amines is 2. The average molecular weight is 431 g/mol. The van der Waals surface area contributed by atoms with Crippen LogP contribution in [0.15, 0.2) is 69.9 Å². The predicted octanol–water partition coefficient (Wildman–Crippen LogP) is 4.47. The molecule has 0 aliphatic heterocycles. The van der Waals surface area contributed by atoms with Gasteiger partial charge in [-0.1, -0.05) is 54.2 Å². The molecular formula is C21H14N6OS2. The summed E-state index contributed by atoms with van der Waals surface area (Å²) in [5.74, 6) is 1.82. The van der Waals surface area contributed by atoms with Gasteiger partial charge >= 0.3 is 0 Å². The van der Waals surface area contributed by atoms with Crippen LogP contribution < -0.4 is 5.56 Å². The van der Waals surface area contributed by atoms with Crippen molar-refractivity contribution in [2.24, 2.45) is 0 Å². The lowest BCUT2D eigenvalue weighted by molar-refractivity contribution is 0.935. The van der Waals surface area contributed by atoms with Crippen molar-refractivity contribution < 1.29 is 0 Å². The van der Waals surface area contributed by atoms with Crippen LogP contribution >= 0.6 is 23.1 Å². The molecule has 0 spiro atoms. The number of rotatable bonds is 4. The zero-order valence-corrected chi connectivity index (χ0v) is 17.1. The molecule has 0 saturated carbocycles. The molecule has 0 fully saturated rings. The second kappa shape index (κ2) is 6.82. The molecule has 0 radical (unpaired) electrons. The number of nitrogens with one attached hydrogen (secondary N) is 2. The molecule has 2 N–H and O–H groups in total. The van der Waals surface area contributed by atoms with E-state index in [0.29, 0.717) is 22.7 Å². The number of imidazole rings is 1. The van der Waals surface area contributed by atoms with Gasteiger partial charge in [0.05, 0.1) is 22.2 Å². The van der Waals surface area contributed by atoms with Crippen molar-refractivity contribution in [2.45, 2.75) is 10.9 Å². The van der Waals surface area contributed by atoms with Crippen LogP contribution in [0.2, 0.25) is 0 Å². The molecule has 7 nitrogen and oxygen atoms in total. The highest BCUT2D eigenvalue weighted by molar-refractivity contribution is 7.98. The van der Waals surface area contributed by atoms with Gasteiger partial charge in [0.25, 0.3) is 5.56 Å². The van der Waals surface area contributed by atoms with E-state index in [0.717, 1.165) is 32.1 Å². The summed E-state index contributed by atoms with van der Waals surface area (Å²) >= 11 is 2.99. The summed E-state index contributed by atoms with van der Waals surface area (Å²) in [5, 5.41) is 10.7. The molecular weight excluding hydrogens is 416 g/mol. The van der Waals surface area contributed by atoms with Gasteiger partial charge in [-0.15, -0.1) is 16.4 Å². The lowest BCUT2D eigenvalue weighted by Crippen LogP contribution is -2.10. The fourth-order valence-corrected chi connectivity index (χ4v) is 5.36. The Kier molecular flexibility index (Phi) is 3.96. The van der Waals surface area contributed by atoms with Crippen molar-refractivity contribution in [3.05, 3.63) is 76.2 Å². The molecule has 0 saturated heterocycles. The van der Waals surface area contributed by atoms with Gasteiger partial charge in [-0.2, -0.15) is 0 Å². The van der Waals surface area contributed by atoms with Crippen LogP contribution in [-0.2, 0) is 5.75 Å². The highest BCUT2D eigenvalue weighted by Gasteiger charge is 2.15. The van der Waals surface area contributed by atoms with E-state index in [4.69, 9.17) is 4.98 Å². The molecule has 0 aliphatic carbocycles. The zero-order chi connectivity index (χ0) is 20.1. The number of hydrogen-bond donors (Lipinski definition) is 2. The van der Waals surface area contributed by atoms with Crippen molar-refractivity contribution in [3.63, 3.8) is 0 Å². The summed E-state index contributed by atoms with van der Waals surface area (Å²) in [6, 6.07) is 17.8. The minimum Gasteiger partial charge on any atom is -0.309 e. The molecule has 30 heavy (non-hydrogen) atoms. The average Bonchev–Trinajstić information content (AvgIpc) is 3.46. The largest absolute Gasteiger partial charge is 0.309 e. The first-order valence-corrected chi connectivity index (χ1v) is 11.1. The first-order chi connectivity index (χ1) is 14.8. The molecule has 6 rings (SSSR count). The third kappa shape index (κ3) is 2.74. The van der Waals surface area contributed by atoms with Crippen LogP contribution in [0.4, 0.5) is 0 Å². The zero-order valence-electron chi connectivity index (χ0n) is 15.5. The van der Waals surface area contributed by atoms with Crippen molar-refractivity contribution >= 4 is 50.1 Å². The second-order valence-corrected chi connectivity index (χ2v) is 8.56. The lowest BCUT2D eigenvalue weighted by atomic mass is 10.1. The van der Waals surface area contributed by atoms with Crippen LogP contribution in [0.3, 0.4) is 0 Å². The Morgan fingerprint density at radius 1 is 1.03 bits per heavy atom. The first kappa shape index (κ1) is 17.4. The van der Waals surface area contributed by atoms with Crippen molar-refractivity contribution in [1.82, 2.24) is 29.5 Å². The van der Waals surface area contributed by atoms with Gasteiger partial charge in [0.15, 0.2) is 5.16 Å². The Bertz CT molecular complexity index is 1580. The maximum absolute atomic E-state index is 12.8. The van der Waals surface area contributed by atoms with Crippen molar-refractivity contribution in [1.29, 1.82) is 0 Å². The van der Waals surface area contributed by atoms with Crippen molar-refractivity contribution in [2.75, 3.05) is 0 Å².